The van der Waals surface area contributed by atoms with Gasteiger partial charge in [-0.25, -0.2) is 4.98 Å². The highest BCUT2D eigenvalue weighted by atomic mass is 32.1. The molecule has 0 bridgehead atoms. The van der Waals surface area contributed by atoms with Crippen LogP contribution in [0.2, 0.25) is 0 Å². The summed E-state index contributed by atoms with van der Waals surface area (Å²) in [7, 11) is 0. The molecule has 1 amide bonds. The smallest absolute Gasteiger partial charge is 0.225 e. The number of aromatic nitrogens is 2. The molecule has 0 saturated carbocycles. The minimum Gasteiger partial charge on any atom is -0.354 e. The van der Waals surface area contributed by atoms with Crippen LogP contribution in [0.1, 0.15) is 38.1 Å². The molecule has 1 aromatic heterocycles. The largest absolute Gasteiger partial charge is 0.354 e. The van der Waals surface area contributed by atoms with E-state index < -0.39 is 0 Å². The van der Waals surface area contributed by atoms with Crippen LogP contribution in [0.4, 0.5) is 5.13 Å². The van der Waals surface area contributed by atoms with E-state index in [1.165, 1.54) is 17.1 Å². The first kappa shape index (κ1) is 16.9. The molecular weight excluding hydrogens is 320 g/mol. The molecule has 6 heteroatoms. The number of rotatable bonds is 5. The number of hydrogen-bond donors (Lipinski definition) is 1. The number of piperidine rings is 1. The van der Waals surface area contributed by atoms with Crippen LogP contribution in [0.3, 0.4) is 0 Å². The molecule has 1 saturated heterocycles. The maximum atomic E-state index is 12.3. The van der Waals surface area contributed by atoms with Gasteiger partial charge in [0.05, 0.1) is 5.92 Å². The van der Waals surface area contributed by atoms with E-state index in [0.717, 1.165) is 43.3 Å². The van der Waals surface area contributed by atoms with Crippen LogP contribution in [0.15, 0.2) is 30.3 Å². The maximum absolute atomic E-state index is 12.3. The van der Waals surface area contributed by atoms with Gasteiger partial charge in [0.2, 0.25) is 11.0 Å². The lowest BCUT2D eigenvalue weighted by molar-refractivity contribution is -0.125. The molecule has 3 rings (SSSR count). The van der Waals surface area contributed by atoms with Crippen LogP contribution in [-0.4, -0.2) is 34.4 Å². The van der Waals surface area contributed by atoms with Crippen molar-refractivity contribution < 1.29 is 4.79 Å². The van der Waals surface area contributed by atoms with Crippen molar-refractivity contribution in [3.8, 4) is 0 Å². The molecule has 2 aromatic rings. The van der Waals surface area contributed by atoms with Gasteiger partial charge >= 0.3 is 0 Å². The van der Waals surface area contributed by atoms with Gasteiger partial charge in [-0.2, -0.15) is 4.37 Å². The number of nitrogens with zero attached hydrogens (tertiary/aromatic N) is 3. The van der Waals surface area contributed by atoms with Crippen molar-refractivity contribution in [1.29, 1.82) is 0 Å². The number of benzene rings is 1. The second kappa shape index (κ2) is 7.75. The number of nitrogens with one attached hydrogen (secondary N) is 1. The lowest BCUT2D eigenvalue weighted by Crippen LogP contribution is -2.44. The molecule has 1 atom stereocenters. The SMILES string of the molecule is CC(C)NC(=O)[C@H]1CCCN(c2nc(Cc3ccccc3)ns2)C1. The fourth-order valence-electron chi connectivity index (χ4n) is 2.99. The summed E-state index contributed by atoms with van der Waals surface area (Å²) in [6.07, 6.45) is 2.72. The van der Waals surface area contributed by atoms with Crippen molar-refractivity contribution in [1.82, 2.24) is 14.7 Å². The number of carbonyl (C=O) groups is 1. The fraction of sp³-hybridized carbons (Fsp3) is 0.500. The van der Waals surface area contributed by atoms with Crippen molar-refractivity contribution in [2.75, 3.05) is 18.0 Å². The third kappa shape index (κ3) is 4.32. The van der Waals surface area contributed by atoms with E-state index in [0.29, 0.717) is 0 Å². The zero-order valence-corrected chi connectivity index (χ0v) is 15.1. The Balaban J connectivity index is 1.63. The third-order valence-corrected chi connectivity index (χ3v) is 4.97. The van der Waals surface area contributed by atoms with Crippen molar-refractivity contribution in [3.05, 3.63) is 41.7 Å². The van der Waals surface area contributed by atoms with Crippen LogP contribution in [0, 0.1) is 5.92 Å². The van der Waals surface area contributed by atoms with Gasteiger partial charge in [0.15, 0.2) is 0 Å². The highest BCUT2D eigenvalue weighted by Crippen LogP contribution is 2.25. The average molecular weight is 344 g/mol. The van der Waals surface area contributed by atoms with Gasteiger partial charge in [-0.05, 0) is 32.3 Å². The molecular formula is C18H24N4OS. The van der Waals surface area contributed by atoms with Gasteiger partial charge in [0.25, 0.3) is 0 Å². The van der Waals surface area contributed by atoms with Gasteiger partial charge in [-0.15, -0.1) is 0 Å². The Bertz CT molecular complexity index is 671. The predicted molar refractivity (Wildman–Crippen MR) is 97.4 cm³/mol. The van der Waals surface area contributed by atoms with Crippen LogP contribution in [-0.2, 0) is 11.2 Å². The highest BCUT2D eigenvalue weighted by Gasteiger charge is 2.27. The van der Waals surface area contributed by atoms with Crippen LogP contribution in [0.5, 0.6) is 0 Å². The molecule has 128 valence electrons. The Labute approximate surface area is 147 Å². The minimum absolute atomic E-state index is 0.0441. The first-order valence-corrected chi connectivity index (χ1v) is 9.31. The zero-order valence-electron chi connectivity index (χ0n) is 14.2. The molecule has 1 fully saturated rings. The Kier molecular flexibility index (Phi) is 5.45. The van der Waals surface area contributed by atoms with Crippen LogP contribution >= 0.6 is 11.5 Å². The summed E-state index contributed by atoms with van der Waals surface area (Å²) in [5, 5.41) is 3.96. The fourth-order valence-corrected chi connectivity index (χ4v) is 3.71. The summed E-state index contributed by atoms with van der Waals surface area (Å²) in [5.41, 5.74) is 1.22. The molecule has 1 N–H and O–H groups in total. The van der Waals surface area contributed by atoms with E-state index in [1.807, 2.05) is 32.0 Å². The second-order valence-corrected chi connectivity index (χ2v) is 7.33. The molecule has 0 radical (unpaired) electrons. The molecule has 0 unspecified atom stereocenters. The Hall–Kier alpha value is -1.95. The van der Waals surface area contributed by atoms with E-state index in [2.05, 4.69) is 31.7 Å². The number of amides is 1. The van der Waals surface area contributed by atoms with Crippen LogP contribution < -0.4 is 10.2 Å². The van der Waals surface area contributed by atoms with E-state index in [-0.39, 0.29) is 17.9 Å². The quantitative estimate of drug-likeness (QED) is 0.906. The first-order chi connectivity index (χ1) is 11.6. The number of hydrogen-bond acceptors (Lipinski definition) is 5. The van der Waals surface area contributed by atoms with Crippen molar-refractivity contribution in [2.45, 2.75) is 39.2 Å². The summed E-state index contributed by atoms with van der Waals surface area (Å²) in [6.45, 7) is 5.68. The van der Waals surface area contributed by atoms with Gasteiger partial charge in [0, 0.05) is 37.1 Å². The first-order valence-electron chi connectivity index (χ1n) is 8.53. The molecule has 5 nitrogen and oxygen atoms in total. The summed E-state index contributed by atoms with van der Waals surface area (Å²) in [4.78, 5) is 19.2. The molecule has 0 spiro atoms. The van der Waals surface area contributed by atoms with Gasteiger partial charge in [0.1, 0.15) is 5.82 Å². The molecule has 1 aliphatic rings. The molecule has 0 aliphatic carbocycles. The molecule has 2 heterocycles. The molecule has 24 heavy (non-hydrogen) atoms. The summed E-state index contributed by atoms with van der Waals surface area (Å²) in [6, 6.07) is 10.4. The normalized spacial score (nSPS) is 18.0. The number of anilines is 1. The van der Waals surface area contributed by atoms with E-state index in [9.17, 15) is 4.79 Å². The van der Waals surface area contributed by atoms with Gasteiger partial charge in [-0.1, -0.05) is 30.3 Å². The summed E-state index contributed by atoms with van der Waals surface area (Å²) < 4.78 is 4.49. The third-order valence-electron chi connectivity index (χ3n) is 4.16. The van der Waals surface area contributed by atoms with E-state index >= 15 is 0 Å². The second-order valence-electron chi connectivity index (χ2n) is 6.60. The van der Waals surface area contributed by atoms with Gasteiger partial charge < -0.3 is 10.2 Å². The Morgan fingerprint density at radius 2 is 2.17 bits per heavy atom. The Morgan fingerprint density at radius 1 is 1.38 bits per heavy atom. The standard InChI is InChI=1S/C18H24N4OS/c1-13(2)19-17(23)15-9-6-10-22(12-15)18-20-16(21-24-18)11-14-7-4-3-5-8-14/h3-5,7-8,13,15H,6,9-12H2,1-2H3,(H,19,23)/t15-/m0/s1. The topological polar surface area (TPSA) is 58.1 Å². The molecule has 1 aliphatic heterocycles. The summed E-state index contributed by atoms with van der Waals surface area (Å²) >= 11 is 1.44. The average Bonchev–Trinajstić information content (AvgIpc) is 3.04. The number of carbonyl (C=O) groups excluding carboxylic acids is 1. The van der Waals surface area contributed by atoms with Crippen molar-refractivity contribution in [2.24, 2.45) is 5.92 Å². The zero-order chi connectivity index (χ0) is 16.9. The minimum atomic E-state index is 0.0441. The van der Waals surface area contributed by atoms with E-state index in [4.69, 9.17) is 0 Å². The predicted octanol–water partition coefficient (Wildman–Crippen LogP) is 2.87. The molecule has 1 aromatic carbocycles. The maximum Gasteiger partial charge on any atom is 0.225 e. The van der Waals surface area contributed by atoms with Gasteiger partial charge in [-0.3, -0.25) is 4.79 Å². The van der Waals surface area contributed by atoms with Crippen LogP contribution in [0.25, 0.3) is 0 Å². The van der Waals surface area contributed by atoms with Crippen molar-refractivity contribution in [3.63, 3.8) is 0 Å². The van der Waals surface area contributed by atoms with Crippen molar-refractivity contribution >= 4 is 22.6 Å². The lowest BCUT2D eigenvalue weighted by atomic mass is 9.97. The van der Waals surface area contributed by atoms with E-state index in [1.54, 1.807) is 0 Å². The Morgan fingerprint density at radius 3 is 2.92 bits per heavy atom. The highest BCUT2D eigenvalue weighted by molar-refractivity contribution is 7.09. The monoisotopic (exact) mass is 344 g/mol. The summed E-state index contributed by atoms with van der Waals surface area (Å²) in [5.74, 6) is 1.06. The lowest BCUT2D eigenvalue weighted by Gasteiger charge is -2.31.